The molecule has 3 aromatic carbocycles. The molecule has 0 bridgehead atoms. The second-order valence-corrected chi connectivity index (χ2v) is 36.4. The third-order valence-electron chi connectivity index (χ3n) is 25.0. The number of rotatable bonds is 29. The van der Waals surface area contributed by atoms with Gasteiger partial charge in [-0.05, 0) is 105 Å². The van der Waals surface area contributed by atoms with Crippen LogP contribution in [0.1, 0.15) is 140 Å². The maximum absolute atomic E-state index is 15.9. The van der Waals surface area contributed by atoms with Crippen molar-refractivity contribution in [2.75, 3.05) is 65.4 Å². The molecule has 9 rings (SSSR count). The predicted octanol–water partition coefficient (Wildman–Crippen LogP) is -3.77. The molecule has 0 unspecified atom stereocenters. The highest BCUT2D eigenvalue weighted by Gasteiger charge is 2.47. The van der Waals surface area contributed by atoms with Crippen LogP contribution < -0.4 is 75.7 Å². The van der Waals surface area contributed by atoms with E-state index in [1.165, 1.54) is 81.7 Å². The summed E-state index contributed by atoms with van der Waals surface area (Å²) in [7, 11) is 3.74. The van der Waals surface area contributed by atoms with E-state index in [1.54, 1.807) is 62.4 Å². The first-order valence-electron chi connectivity index (χ1n) is 46.6. The van der Waals surface area contributed by atoms with Crippen LogP contribution >= 0.6 is 11.8 Å². The van der Waals surface area contributed by atoms with E-state index in [2.05, 4.69) is 68.5 Å². The number of phenolic OH excluding ortho intramolecular Hbond substituents is 1. The molecule has 141 heavy (non-hydrogen) atoms. The number of aromatic nitrogens is 2. The van der Waals surface area contributed by atoms with Crippen molar-refractivity contribution in [3.05, 3.63) is 114 Å². The molecule has 3 saturated heterocycles. The van der Waals surface area contributed by atoms with E-state index in [9.17, 15) is 73.5 Å². The number of amides is 17. The summed E-state index contributed by atoms with van der Waals surface area (Å²) < 4.78 is 1.38. The number of hydrogen-bond acceptors (Lipinski definition) is 25. The third-order valence-corrected chi connectivity index (χ3v) is 26.0. The number of fused-ring (bicyclic) bond motifs is 4. The summed E-state index contributed by atoms with van der Waals surface area (Å²) in [5.41, 5.74) is 19.2. The number of unbranched alkanes of at least 4 members (excludes halogenated alkanes) is 2. The molecule has 3 fully saturated rings. The van der Waals surface area contributed by atoms with Gasteiger partial charge in [0.1, 0.15) is 96.9 Å². The fourth-order valence-electron chi connectivity index (χ4n) is 17.2. The number of likely N-dealkylation sites (N-methyl/N-ethyl adjacent to an activating group) is 3. The summed E-state index contributed by atoms with van der Waals surface area (Å²) in [6.07, 6.45) is 1.13. The van der Waals surface area contributed by atoms with Crippen molar-refractivity contribution in [3.63, 3.8) is 0 Å². The third kappa shape index (κ3) is 31.0. The Balaban J connectivity index is 1.12. The molecular formula is C93H127N23O24S. The highest BCUT2D eigenvalue weighted by Crippen LogP contribution is 2.29. The monoisotopic (exact) mass is 1980 g/mol. The normalized spacial score (nSPS) is 24.5. The van der Waals surface area contributed by atoms with Crippen LogP contribution in [-0.2, 0) is 117 Å². The van der Waals surface area contributed by atoms with Crippen molar-refractivity contribution in [2.24, 2.45) is 22.2 Å². The van der Waals surface area contributed by atoms with E-state index in [0.717, 1.165) is 36.3 Å². The van der Waals surface area contributed by atoms with Gasteiger partial charge in [0.05, 0.1) is 31.4 Å². The number of guanidine groups is 1. The minimum absolute atomic E-state index is 0.00414. The lowest BCUT2D eigenvalue weighted by Crippen LogP contribution is -2.61. The lowest BCUT2D eigenvalue weighted by atomic mass is 10.00. The molecule has 24 N–H and O–H groups in total. The quantitative estimate of drug-likeness (QED) is 0.0124. The van der Waals surface area contributed by atoms with Crippen molar-refractivity contribution in [1.29, 1.82) is 5.41 Å². The number of para-hydroxylation sites is 2. The molecule has 17 amide bonds. The van der Waals surface area contributed by atoms with Crippen molar-refractivity contribution in [3.8, 4) is 5.75 Å². The van der Waals surface area contributed by atoms with Crippen LogP contribution in [0.25, 0.3) is 21.8 Å². The number of carbonyl (C=O) groups excluding carboxylic acids is 17. The smallest absolute Gasteiger partial charge is 0.323 e. The number of primary amides is 2. The first-order chi connectivity index (χ1) is 67.1. The number of aliphatic hydroxyl groups is 2. The fourth-order valence-corrected chi connectivity index (χ4v) is 18.1. The van der Waals surface area contributed by atoms with Crippen LogP contribution in [-0.4, -0.2) is 340 Å². The molecule has 48 heteroatoms. The minimum Gasteiger partial charge on any atom is -0.508 e. The van der Waals surface area contributed by atoms with Gasteiger partial charge in [-0.1, -0.05) is 88.1 Å². The van der Waals surface area contributed by atoms with Gasteiger partial charge >= 0.3 is 11.9 Å². The molecule has 0 radical (unpaired) electrons. The Morgan fingerprint density at radius 3 is 1.79 bits per heavy atom. The molecule has 4 aliphatic heterocycles. The molecule has 47 nitrogen and oxygen atoms in total. The average molecular weight is 1980 g/mol. The van der Waals surface area contributed by atoms with Gasteiger partial charge in [0.15, 0.2) is 5.96 Å². The summed E-state index contributed by atoms with van der Waals surface area (Å²) in [5, 5.41) is 90.4. The molecule has 0 aliphatic carbocycles. The molecule has 764 valence electrons. The number of carboxylic acids is 2. The lowest BCUT2D eigenvalue weighted by Gasteiger charge is -2.36. The first-order valence-corrected chi connectivity index (χ1v) is 47.7. The van der Waals surface area contributed by atoms with E-state index in [1.807, 2.05) is 0 Å². The molecule has 5 aromatic rings. The SMILES string of the molecule is CCCC[C@H]1C(=O)N(C)[C@@H](CCCC)C(=O)N[C@@H](CCCNC(=N)N)C(=O)N[C@H](C(=O)NCC(N)=O)CSCC(=O)N[C@@H](Cc2ccc(O)cc2)C(=O)N(C)[C@@H](C)C(=O)N[C@@H](CC(N)=O)C(=O)N2CCC[C@H]2C(=O)N[C@@H](CC2=CN=CC2)C(=O)N[C@@H](CCC(=O)O)C(=O)N2C[C@H](O)C[C@H]2C(=O)N[C@@H](Cc2c[nH]c3ccccc23)C(=O)N[C@@H](CO)C(=O)N[C@@H](Cc2cn(CC(=O)O)c3ccccc23)C(=O)N1C. The number of nitrogens with zero attached hydrogens (tertiary/aromatic N) is 7. The molecule has 6 heterocycles. The number of benzene rings is 3. The second-order valence-electron chi connectivity index (χ2n) is 35.4. The van der Waals surface area contributed by atoms with Gasteiger partial charge in [0.25, 0.3) is 0 Å². The van der Waals surface area contributed by atoms with E-state index < -0.39 is 285 Å². The minimum atomic E-state index is -2.02. The number of nitrogens with one attached hydrogen (secondary N) is 13. The number of aliphatic hydroxyl groups excluding tert-OH is 2. The van der Waals surface area contributed by atoms with E-state index in [4.69, 9.17) is 22.6 Å². The van der Waals surface area contributed by atoms with Gasteiger partial charge in [-0.2, -0.15) is 0 Å². The summed E-state index contributed by atoms with van der Waals surface area (Å²) in [6, 6.07) is -4.68. The number of carboxylic acid groups (broad SMARTS) is 2. The zero-order valence-corrected chi connectivity index (χ0v) is 80.1. The van der Waals surface area contributed by atoms with Gasteiger partial charge in [0.2, 0.25) is 100 Å². The summed E-state index contributed by atoms with van der Waals surface area (Å²) in [6.45, 7) is 1.44. The maximum Gasteiger partial charge on any atom is 0.323 e. The van der Waals surface area contributed by atoms with Gasteiger partial charge in [-0.3, -0.25) is 101 Å². The van der Waals surface area contributed by atoms with Gasteiger partial charge < -0.3 is 135 Å². The number of aliphatic imine (C=N–C) groups is 1. The summed E-state index contributed by atoms with van der Waals surface area (Å²) >= 11 is 0.730. The molecular weight excluding hydrogens is 1860 g/mol. The number of aromatic hydroxyl groups is 1. The Morgan fingerprint density at radius 2 is 1.14 bits per heavy atom. The lowest BCUT2D eigenvalue weighted by molar-refractivity contribution is -0.149. The van der Waals surface area contributed by atoms with Crippen LogP contribution in [0, 0.1) is 5.41 Å². The number of aliphatic carboxylic acids is 2. The summed E-state index contributed by atoms with van der Waals surface area (Å²) in [4.78, 5) is 288. The van der Waals surface area contributed by atoms with Gasteiger partial charge in [0, 0.05) is 132 Å². The topological polar surface area (TPSA) is 709 Å². The van der Waals surface area contributed by atoms with Gasteiger partial charge in [-0.15, -0.1) is 11.8 Å². The zero-order valence-electron chi connectivity index (χ0n) is 79.3. The number of thioether (sulfide) groups is 1. The van der Waals surface area contributed by atoms with Crippen molar-refractivity contribution < 1.29 is 117 Å². The van der Waals surface area contributed by atoms with Crippen molar-refractivity contribution in [2.45, 2.75) is 240 Å². The Hall–Kier alpha value is -14.6. The number of phenols is 1. The van der Waals surface area contributed by atoms with Crippen LogP contribution in [0.5, 0.6) is 5.75 Å². The summed E-state index contributed by atoms with van der Waals surface area (Å²) in [5.74, 6) is -21.9. The molecule has 4 aliphatic rings. The van der Waals surface area contributed by atoms with E-state index in [0.29, 0.717) is 51.3 Å². The van der Waals surface area contributed by atoms with Crippen LogP contribution in [0.15, 0.2) is 102 Å². The van der Waals surface area contributed by atoms with E-state index >= 15 is 43.2 Å². The molecule has 15 atom stereocenters. The van der Waals surface area contributed by atoms with Gasteiger partial charge in [-0.25, -0.2) is 0 Å². The second kappa shape index (κ2) is 52.4. The Labute approximate surface area is 815 Å². The van der Waals surface area contributed by atoms with E-state index in [-0.39, 0.29) is 95.0 Å². The Morgan fingerprint density at radius 1 is 0.560 bits per heavy atom. The largest absolute Gasteiger partial charge is 0.508 e. The number of carbonyl (C=O) groups is 19. The molecule has 0 spiro atoms. The van der Waals surface area contributed by atoms with Crippen molar-refractivity contribution in [1.82, 2.24) is 92.5 Å². The van der Waals surface area contributed by atoms with Crippen LogP contribution in [0.4, 0.5) is 0 Å². The standard InChI is InChI=1S/C93H127N23O24S/c1-7-9-21-70-85(133)103-60(20-15-32-99-93(96)97)81(129)110-68(80(128)101-43-75(95)121)48-141-49-76(122)102-64(35-51-25-27-55(118)28-26-51)88(136)111(4)50(3)79(127)107-66(40-74(94)120)91(139)115-34-16-24-71(115)86(134)105-62(36-52-31-33-98-41-52)82(130)104-61(29-30-77(123)124)90(138)116-45-56(119)39-73(116)87(135)106-63(37-53-42-100-59-19-13-11-17-57(53)59)83(131)109-67(47-117)84(132)108-65(89(137)113(6)72(22-10-8-2)92(140)112(70)5)38-54-44-114(46-78(125)126)69-23-14-12-18-58(54)69/h11-14,17-19,23,25-28,33,41-42,44,50,56,60-68,70-73,100,117-119H,7-10,15-16,20-22,24,29-32,34-40,43,45-49H2,1-6H3,(H2,94,120)(H2,95,121)(H,101,128)(H,102,122)(H,103,133)(H,104,130)(H,105,134)(H,106,135)(H,107,127)(H,108,132)(H,109,131)(H,110,129)(H,123,124)(H,125,126)(H4,96,97,99)/t50-,56+,60-,61-,62-,63-,64-,65-,66-,67-,68-,70-,71-,72-,73-/m0/s1. The number of H-pyrrole nitrogens is 1. The highest BCUT2D eigenvalue weighted by molar-refractivity contribution is 8.00. The Bertz CT molecular complexity index is 5500. The number of aromatic amines is 1. The number of hydrogen-bond donors (Lipinski definition) is 21. The predicted molar refractivity (Wildman–Crippen MR) is 512 cm³/mol. The van der Waals surface area contributed by atoms with Crippen LogP contribution in [0.3, 0.4) is 0 Å². The number of nitrogens with two attached hydrogens (primary N) is 3. The van der Waals surface area contributed by atoms with Crippen LogP contribution in [0.2, 0.25) is 0 Å². The maximum atomic E-state index is 15.9. The molecule has 0 saturated carbocycles. The molecule has 2 aromatic heterocycles. The zero-order chi connectivity index (χ0) is 103. The Kier molecular flexibility index (Phi) is 40.9. The highest BCUT2D eigenvalue weighted by atomic mass is 32.2. The average Bonchev–Trinajstić information content (AvgIpc) is 1.63. The first kappa shape index (κ1) is 110. The fraction of sp³-hybridized carbons (Fsp3) is 0.516. The van der Waals surface area contributed by atoms with Crippen molar-refractivity contribution >= 4 is 158 Å².